The molecule has 3 aromatic rings. The van der Waals surface area contributed by atoms with Crippen molar-refractivity contribution in [1.82, 2.24) is 5.32 Å². The van der Waals surface area contributed by atoms with E-state index < -0.39 is 21.9 Å². The largest absolute Gasteiger partial charge is 0.482 e. The summed E-state index contributed by atoms with van der Waals surface area (Å²) in [6.07, 6.45) is 0.973. The molecule has 0 heterocycles. The van der Waals surface area contributed by atoms with Gasteiger partial charge in [0, 0.05) is 11.6 Å². The van der Waals surface area contributed by atoms with Gasteiger partial charge in [-0.05, 0) is 86.0 Å². The number of carbonyl (C=O) groups excluding carboxylic acids is 1. The molecule has 0 aliphatic carbocycles. The van der Waals surface area contributed by atoms with Crippen LogP contribution in [0.4, 0.5) is 0 Å². The average Bonchev–Trinajstić information content (AvgIpc) is 2.88. The molecule has 0 aromatic heterocycles. The van der Waals surface area contributed by atoms with Crippen LogP contribution in [0.5, 0.6) is 5.75 Å². The Morgan fingerprint density at radius 2 is 1.69 bits per heavy atom. The molecule has 0 saturated carbocycles. The monoisotopic (exact) mass is 531 g/mol. The SMILES string of the molecule is CCOC(=O)COc1ccc(S(=O)(=O)c2ccc(CCCNC[C@H](O)c3cccc(Cl)c3)cc2)cc1. The molecule has 0 bridgehead atoms. The van der Waals surface area contributed by atoms with E-state index in [4.69, 9.17) is 21.1 Å². The molecule has 192 valence electrons. The third kappa shape index (κ3) is 8.06. The molecular weight excluding hydrogens is 502 g/mol. The molecule has 0 spiro atoms. The average molecular weight is 532 g/mol. The summed E-state index contributed by atoms with van der Waals surface area (Å²) < 4.78 is 36.0. The van der Waals surface area contributed by atoms with Crippen LogP contribution in [0.15, 0.2) is 82.6 Å². The number of ether oxygens (including phenoxy) is 2. The third-order valence-corrected chi connectivity index (χ3v) is 7.44. The fraction of sp³-hybridized carbons (Fsp3) is 0.296. The maximum Gasteiger partial charge on any atom is 0.344 e. The second kappa shape index (κ2) is 13.4. The Kier molecular flexibility index (Phi) is 10.3. The number of aliphatic hydroxyl groups is 1. The highest BCUT2D eigenvalue weighted by atomic mass is 35.5. The summed E-state index contributed by atoms with van der Waals surface area (Å²) in [6, 6.07) is 19.9. The molecule has 0 aliphatic heterocycles. The van der Waals surface area contributed by atoms with Crippen LogP contribution in [0, 0.1) is 0 Å². The number of rotatable bonds is 13. The number of sulfone groups is 1. The maximum absolute atomic E-state index is 13.0. The second-order valence-electron chi connectivity index (χ2n) is 8.09. The lowest BCUT2D eigenvalue weighted by atomic mass is 10.1. The number of esters is 1. The van der Waals surface area contributed by atoms with Crippen LogP contribution in [0.3, 0.4) is 0 Å². The summed E-state index contributed by atoms with van der Waals surface area (Å²) in [5.74, 6) is -0.105. The number of halogens is 1. The normalized spacial score (nSPS) is 12.2. The van der Waals surface area contributed by atoms with E-state index in [9.17, 15) is 18.3 Å². The van der Waals surface area contributed by atoms with E-state index in [0.717, 1.165) is 24.0 Å². The fourth-order valence-electron chi connectivity index (χ4n) is 3.52. The van der Waals surface area contributed by atoms with Crippen molar-refractivity contribution in [3.8, 4) is 5.75 Å². The Labute approximate surface area is 216 Å². The van der Waals surface area contributed by atoms with Crippen LogP contribution in [0.2, 0.25) is 5.02 Å². The first-order valence-corrected chi connectivity index (χ1v) is 13.5. The van der Waals surface area contributed by atoms with Gasteiger partial charge in [0.15, 0.2) is 6.61 Å². The topological polar surface area (TPSA) is 102 Å². The van der Waals surface area contributed by atoms with Gasteiger partial charge in [0.05, 0.1) is 22.5 Å². The predicted octanol–water partition coefficient (Wildman–Crippen LogP) is 4.37. The van der Waals surface area contributed by atoms with Crippen LogP contribution < -0.4 is 10.1 Å². The molecule has 2 N–H and O–H groups in total. The highest BCUT2D eigenvalue weighted by Gasteiger charge is 2.18. The molecule has 1 atom stereocenters. The van der Waals surface area contributed by atoms with Crippen LogP contribution >= 0.6 is 11.6 Å². The van der Waals surface area contributed by atoms with Crippen LogP contribution in [0.25, 0.3) is 0 Å². The first-order chi connectivity index (χ1) is 17.3. The van der Waals surface area contributed by atoms with E-state index in [-0.39, 0.29) is 23.0 Å². The van der Waals surface area contributed by atoms with E-state index in [2.05, 4.69) is 5.32 Å². The smallest absolute Gasteiger partial charge is 0.344 e. The molecule has 3 aromatic carbocycles. The number of aliphatic hydroxyl groups excluding tert-OH is 1. The third-order valence-electron chi connectivity index (χ3n) is 5.42. The number of nitrogens with one attached hydrogen (secondary N) is 1. The van der Waals surface area contributed by atoms with E-state index in [1.807, 2.05) is 24.3 Å². The summed E-state index contributed by atoms with van der Waals surface area (Å²) in [4.78, 5) is 11.7. The molecular formula is C27H30ClNO6S. The molecule has 9 heteroatoms. The number of hydrogen-bond acceptors (Lipinski definition) is 7. The number of hydrogen-bond donors (Lipinski definition) is 2. The molecule has 3 rings (SSSR count). The van der Waals surface area contributed by atoms with Crippen molar-refractivity contribution in [2.45, 2.75) is 35.7 Å². The van der Waals surface area contributed by atoms with Crippen molar-refractivity contribution >= 4 is 27.4 Å². The fourth-order valence-corrected chi connectivity index (χ4v) is 4.98. The molecule has 0 saturated heterocycles. The van der Waals surface area contributed by atoms with Gasteiger partial charge in [-0.15, -0.1) is 0 Å². The van der Waals surface area contributed by atoms with Gasteiger partial charge >= 0.3 is 5.97 Å². The Hall–Kier alpha value is -2.91. The van der Waals surface area contributed by atoms with Crippen LogP contribution in [-0.2, 0) is 25.8 Å². The van der Waals surface area contributed by atoms with Gasteiger partial charge in [-0.1, -0.05) is 35.9 Å². The molecule has 7 nitrogen and oxygen atoms in total. The molecule has 0 aliphatic rings. The summed E-state index contributed by atoms with van der Waals surface area (Å²) in [7, 11) is -3.68. The van der Waals surface area contributed by atoms with Gasteiger partial charge < -0.3 is 19.9 Å². The standard InChI is InChI=1S/C27H30ClNO6S/c1-2-34-27(31)19-35-23-10-14-25(15-11-23)36(32,33)24-12-8-20(9-13-24)5-4-16-29-18-26(30)21-6-3-7-22(28)17-21/h3,6-15,17,26,29-30H,2,4-5,16,18-19H2,1H3/t26-/m0/s1. The lowest BCUT2D eigenvalue weighted by molar-refractivity contribution is -0.145. The summed E-state index contributed by atoms with van der Waals surface area (Å²) in [6.45, 7) is 2.87. The first kappa shape index (κ1) is 27.7. The zero-order valence-electron chi connectivity index (χ0n) is 20.0. The van der Waals surface area contributed by atoms with Crippen molar-refractivity contribution < 1.29 is 27.8 Å². The van der Waals surface area contributed by atoms with Gasteiger partial charge in [-0.25, -0.2) is 13.2 Å². The summed E-state index contributed by atoms with van der Waals surface area (Å²) in [5.41, 5.74) is 1.79. The quantitative estimate of drug-likeness (QED) is 0.249. The summed E-state index contributed by atoms with van der Waals surface area (Å²) in [5, 5.41) is 14.1. The van der Waals surface area contributed by atoms with E-state index in [1.165, 1.54) is 24.3 Å². The molecule has 0 amide bonds. The van der Waals surface area contributed by atoms with Crippen LogP contribution in [0.1, 0.15) is 30.6 Å². The van der Waals surface area contributed by atoms with Gasteiger partial charge in [-0.3, -0.25) is 0 Å². The molecule has 0 radical (unpaired) electrons. The molecule has 36 heavy (non-hydrogen) atoms. The Bertz CT molecular complexity index is 1230. The lowest BCUT2D eigenvalue weighted by Gasteiger charge is -2.12. The van der Waals surface area contributed by atoms with Crippen molar-refractivity contribution in [2.24, 2.45) is 0 Å². The van der Waals surface area contributed by atoms with Crippen molar-refractivity contribution in [2.75, 3.05) is 26.3 Å². The second-order valence-corrected chi connectivity index (χ2v) is 10.5. The zero-order valence-corrected chi connectivity index (χ0v) is 21.6. The summed E-state index contributed by atoms with van der Waals surface area (Å²) >= 11 is 5.96. The van der Waals surface area contributed by atoms with Crippen molar-refractivity contribution in [3.05, 3.63) is 88.9 Å². The van der Waals surface area contributed by atoms with Gasteiger partial charge in [0.2, 0.25) is 9.84 Å². The highest BCUT2D eigenvalue weighted by Crippen LogP contribution is 2.24. The molecule has 0 unspecified atom stereocenters. The number of benzene rings is 3. The van der Waals surface area contributed by atoms with Gasteiger partial charge in [-0.2, -0.15) is 0 Å². The maximum atomic E-state index is 13.0. The van der Waals surface area contributed by atoms with Gasteiger partial charge in [0.25, 0.3) is 0 Å². The molecule has 0 fully saturated rings. The lowest BCUT2D eigenvalue weighted by Crippen LogP contribution is -2.22. The van der Waals surface area contributed by atoms with E-state index >= 15 is 0 Å². The Balaban J connectivity index is 1.46. The Morgan fingerprint density at radius 1 is 1.03 bits per heavy atom. The minimum absolute atomic E-state index is 0.140. The van der Waals surface area contributed by atoms with Crippen molar-refractivity contribution in [1.29, 1.82) is 0 Å². The highest BCUT2D eigenvalue weighted by molar-refractivity contribution is 7.91. The van der Waals surface area contributed by atoms with E-state index in [1.54, 1.807) is 31.2 Å². The minimum Gasteiger partial charge on any atom is -0.482 e. The number of aryl methyl sites for hydroxylation is 1. The predicted molar refractivity (Wildman–Crippen MR) is 138 cm³/mol. The number of carbonyl (C=O) groups is 1. The van der Waals surface area contributed by atoms with E-state index in [0.29, 0.717) is 23.9 Å². The zero-order chi connectivity index (χ0) is 26.0. The van der Waals surface area contributed by atoms with Crippen LogP contribution in [-0.4, -0.2) is 45.8 Å². The van der Waals surface area contributed by atoms with Gasteiger partial charge in [0.1, 0.15) is 5.75 Å². The minimum atomic E-state index is -3.68. The Morgan fingerprint density at radius 3 is 2.33 bits per heavy atom. The first-order valence-electron chi connectivity index (χ1n) is 11.7. The van der Waals surface area contributed by atoms with Crippen molar-refractivity contribution in [3.63, 3.8) is 0 Å².